The third kappa shape index (κ3) is 2.47. The van der Waals surface area contributed by atoms with Gasteiger partial charge in [0.05, 0.1) is 11.2 Å². The molecule has 1 N–H and O–H groups in total. The predicted molar refractivity (Wildman–Crippen MR) is 82.9 cm³/mol. The number of pyridine rings is 1. The van der Waals surface area contributed by atoms with E-state index in [4.69, 9.17) is 0 Å². The van der Waals surface area contributed by atoms with Crippen molar-refractivity contribution in [1.82, 2.24) is 4.98 Å². The zero-order chi connectivity index (χ0) is 13.2. The van der Waals surface area contributed by atoms with E-state index in [1.165, 1.54) is 15.8 Å². The molecule has 0 radical (unpaired) electrons. The quantitative estimate of drug-likeness (QED) is 0.755. The summed E-state index contributed by atoms with van der Waals surface area (Å²) < 4.78 is 0. The van der Waals surface area contributed by atoms with Crippen LogP contribution in [0.2, 0.25) is 0 Å². The summed E-state index contributed by atoms with van der Waals surface area (Å²) in [5, 5.41) is 6.82. The summed E-state index contributed by atoms with van der Waals surface area (Å²) in [4.78, 5) is 6.02. The van der Waals surface area contributed by atoms with Gasteiger partial charge in [-0.3, -0.25) is 4.98 Å². The highest BCUT2D eigenvalue weighted by Crippen LogP contribution is 2.23. The molecule has 0 saturated carbocycles. The van der Waals surface area contributed by atoms with Gasteiger partial charge >= 0.3 is 0 Å². The van der Waals surface area contributed by atoms with E-state index in [9.17, 15) is 0 Å². The number of aryl methyl sites for hydroxylation is 2. The molecule has 3 rings (SSSR count). The molecule has 0 saturated heterocycles. The Morgan fingerprint density at radius 3 is 2.79 bits per heavy atom. The molecule has 19 heavy (non-hydrogen) atoms. The summed E-state index contributed by atoms with van der Waals surface area (Å²) in [5.74, 6) is 0. The number of fused-ring (bicyclic) bond motifs is 1. The summed E-state index contributed by atoms with van der Waals surface area (Å²) >= 11 is 1.79. The third-order valence-corrected chi connectivity index (χ3v) is 4.29. The highest BCUT2D eigenvalue weighted by atomic mass is 32.1. The Morgan fingerprint density at radius 1 is 1.11 bits per heavy atom. The van der Waals surface area contributed by atoms with Crippen LogP contribution in [-0.4, -0.2) is 4.98 Å². The van der Waals surface area contributed by atoms with Gasteiger partial charge in [-0.15, -0.1) is 11.3 Å². The number of thiophene rings is 1. The highest BCUT2D eigenvalue weighted by Gasteiger charge is 2.04. The molecule has 0 aliphatic heterocycles. The standard InChI is InChI=1S/C16H16N2S/c1-11-8-9-19-15(11)10-17-14-5-3-4-13-7-6-12(2)18-16(13)14/h3-9,17H,10H2,1-2H3. The van der Waals surface area contributed by atoms with Crippen LogP contribution < -0.4 is 5.32 Å². The second-order valence-electron chi connectivity index (χ2n) is 4.71. The van der Waals surface area contributed by atoms with Gasteiger partial charge in [-0.05, 0) is 43.0 Å². The molecule has 3 aromatic rings. The maximum absolute atomic E-state index is 4.64. The summed E-state index contributed by atoms with van der Waals surface area (Å²) in [6, 6.07) is 12.6. The van der Waals surface area contributed by atoms with Gasteiger partial charge in [0.1, 0.15) is 0 Å². The van der Waals surface area contributed by atoms with Gasteiger partial charge in [0.25, 0.3) is 0 Å². The fraction of sp³-hybridized carbons (Fsp3) is 0.188. The average Bonchev–Trinajstić information content (AvgIpc) is 2.82. The lowest BCUT2D eigenvalue weighted by molar-refractivity contribution is 1.16. The van der Waals surface area contributed by atoms with Crippen LogP contribution >= 0.6 is 11.3 Å². The van der Waals surface area contributed by atoms with Gasteiger partial charge < -0.3 is 5.32 Å². The van der Waals surface area contributed by atoms with E-state index < -0.39 is 0 Å². The first kappa shape index (κ1) is 12.2. The fourth-order valence-corrected chi connectivity index (χ4v) is 2.99. The van der Waals surface area contributed by atoms with E-state index in [1.807, 2.05) is 6.92 Å². The van der Waals surface area contributed by atoms with Crippen LogP contribution in [-0.2, 0) is 6.54 Å². The fourth-order valence-electron chi connectivity index (χ4n) is 2.15. The van der Waals surface area contributed by atoms with E-state index in [-0.39, 0.29) is 0 Å². The van der Waals surface area contributed by atoms with Gasteiger partial charge in [-0.2, -0.15) is 0 Å². The first-order chi connectivity index (χ1) is 9.24. The zero-order valence-electron chi connectivity index (χ0n) is 11.1. The van der Waals surface area contributed by atoms with Crippen LogP contribution in [0.3, 0.4) is 0 Å². The molecule has 96 valence electrons. The molecule has 2 nitrogen and oxygen atoms in total. The maximum Gasteiger partial charge on any atom is 0.0936 e. The van der Waals surface area contributed by atoms with E-state index in [0.29, 0.717) is 0 Å². The maximum atomic E-state index is 4.64. The van der Waals surface area contributed by atoms with Gasteiger partial charge in [0, 0.05) is 22.5 Å². The molecule has 0 spiro atoms. The molecule has 0 unspecified atom stereocenters. The topological polar surface area (TPSA) is 24.9 Å². The van der Waals surface area contributed by atoms with Crippen molar-refractivity contribution in [2.45, 2.75) is 20.4 Å². The molecule has 3 heteroatoms. The Balaban J connectivity index is 1.92. The van der Waals surface area contributed by atoms with E-state index in [2.05, 4.69) is 59.0 Å². The van der Waals surface area contributed by atoms with Crippen LogP contribution in [0, 0.1) is 13.8 Å². The van der Waals surface area contributed by atoms with Crippen molar-refractivity contribution in [2.24, 2.45) is 0 Å². The third-order valence-electron chi connectivity index (χ3n) is 3.27. The number of hydrogen-bond acceptors (Lipinski definition) is 3. The van der Waals surface area contributed by atoms with Crippen LogP contribution in [0.25, 0.3) is 10.9 Å². The Bertz CT molecular complexity index is 716. The molecular weight excluding hydrogens is 252 g/mol. The average molecular weight is 268 g/mol. The van der Waals surface area contributed by atoms with Crippen molar-refractivity contribution in [2.75, 3.05) is 5.32 Å². The second kappa shape index (κ2) is 5.02. The van der Waals surface area contributed by atoms with Gasteiger partial charge in [-0.1, -0.05) is 18.2 Å². The molecule has 1 aromatic carbocycles. The first-order valence-corrected chi connectivity index (χ1v) is 7.25. The normalized spacial score (nSPS) is 10.8. The molecule has 0 fully saturated rings. The Morgan fingerprint density at radius 2 is 2.00 bits per heavy atom. The largest absolute Gasteiger partial charge is 0.378 e. The van der Waals surface area contributed by atoms with E-state index in [0.717, 1.165) is 23.4 Å². The van der Waals surface area contributed by atoms with Gasteiger partial charge in [-0.25, -0.2) is 0 Å². The van der Waals surface area contributed by atoms with Crippen molar-refractivity contribution in [3.05, 3.63) is 57.9 Å². The number of nitrogens with zero attached hydrogens (tertiary/aromatic N) is 1. The Hall–Kier alpha value is -1.87. The molecular formula is C16H16N2S. The van der Waals surface area contributed by atoms with Crippen LogP contribution in [0.5, 0.6) is 0 Å². The van der Waals surface area contributed by atoms with Crippen molar-refractivity contribution >= 4 is 27.9 Å². The summed E-state index contributed by atoms with van der Waals surface area (Å²) in [6.07, 6.45) is 0. The lowest BCUT2D eigenvalue weighted by Gasteiger charge is -2.09. The number of hydrogen-bond donors (Lipinski definition) is 1. The monoisotopic (exact) mass is 268 g/mol. The molecule has 2 aromatic heterocycles. The van der Waals surface area contributed by atoms with E-state index in [1.54, 1.807) is 11.3 Å². The lowest BCUT2D eigenvalue weighted by Crippen LogP contribution is -2.00. The van der Waals surface area contributed by atoms with Gasteiger partial charge in [0.2, 0.25) is 0 Å². The first-order valence-electron chi connectivity index (χ1n) is 6.37. The van der Waals surface area contributed by atoms with Crippen molar-refractivity contribution in [3.63, 3.8) is 0 Å². The number of aromatic nitrogens is 1. The zero-order valence-corrected chi connectivity index (χ0v) is 11.9. The highest BCUT2D eigenvalue weighted by molar-refractivity contribution is 7.10. The minimum absolute atomic E-state index is 0.859. The summed E-state index contributed by atoms with van der Waals surface area (Å²) in [6.45, 7) is 5.04. The van der Waals surface area contributed by atoms with Crippen molar-refractivity contribution in [1.29, 1.82) is 0 Å². The Labute approximate surface area is 117 Å². The number of para-hydroxylation sites is 1. The SMILES string of the molecule is Cc1ccc2cccc(NCc3sccc3C)c2n1. The molecule has 0 amide bonds. The number of nitrogens with one attached hydrogen (secondary N) is 1. The second-order valence-corrected chi connectivity index (χ2v) is 5.71. The Kier molecular flexibility index (Phi) is 3.22. The molecule has 0 aliphatic rings. The van der Waals surface area contributed by atoms with Crippen LogP contribution in [0.15, 0.2) is 41.8 Å². The lowest BCUT2D eigenvalue weighted by atomic mass is 10.1. The number of rotatable bonds is 3. The predicted octanol–water partition coefficient (Wildman–Crippen LogP) is 4.53. The van der Waals surface area contributed by atoms with E-state index >= 15 is 0 Å². The van der Waals surface area contributed by atoms with Crippen LogP contribution in [0.4, 0.5) is 5.69 Å². The van der Waals surface area contributed by atoms with Crippen molar-refractivity contribution in [3.8, 4) is 0 Å². The minimum Gasteiger partial charge on any atom is -0.378 e. The number of anilines is 1. The molecule has 2 heterocycles. The molecule has 0 atom stereocenters. The summed E-state index contributed by atoms with van der Waals surface area (Å²) in [5.41, 5.74) is 4.56. The minimum atomic E-state index is 0.859. The van der Waals surface area contributed by atoms with Gasteiger partial charge in [0.15, 0.2) is 0 Å². The van der Waals surface area contributed by atoms with Crippen LogP contribution in [0.1, 0.15) is 16.1 Å². The summed E-state index contributed by atoms with van der Waals surface area (Å²) in [7, 11) is 0. The smallest absolute Gasteiger partial charge is 0.0936 e. The molecule has 0 bridgehead atoms. The number of benzene rings is 1. The van der Waals surface area contributed by atoms with Crippen molar-refractivity contribution < 1.29 is 0 Å². The molecule has 0 aliphatic carbocycles.